The molecule has 1 atom stereocenters. The summed E-state index contributed by atoms with van der Waals surface area (Å²) >= 11 is 1.80. The molecule has 0 saturated heterocycles. The maximum Gasteiger partial charge on any atom is 0.0897 e. The highest BCUT2D eigenvalue weighted by atomic mass is 32.1. The number of hydrogen-bond acceptors (Lipinski definition) is 3. The normalized spacial score (nSPS) is 24.6. The van der Waals surface area contributed by atoms with Crippen LogP contribution in [-0.2, 0) is 6.54 Å². The second kappa shape index (κ2) is 4.84. The zero-order valence-corrected chi connectivity index (χ0v) is 11.4. The minimum absolute atomic E-state index is 0.527. The quantitative estimate of drug-likeness (QED) is 0.871. The Labute approximate surface area is 102 Å². The average molecular weight is 238 g/mol. The maximum absolute atomic E-state index is 4.29. The second-order valence-corrected chi connectivity index (χ2v) is 7.00. The van der Waals surface area contributed by atoms with Gasteiger partial charge in [0, 0.05) is 23.7 Å². The van der Waals surface area contributed by atoms with E-state index < -0.39 is 0 Å². The molecule has 1 aliphatic rings. The van der Waals surface area contributed by atoms with Gasteiger partial charge in [0.1, 0.15) is 0 Å². The van der Waals surface area contributed by atoms with E-state index >= 15 is 0 Å². The molecule has 0 amide bonds. The fraction of sp³-hybridized carbons (Fsp3) is 0.769. The van der Waals surface area contributed by atoms with Crippen LogP contribution in [0.1, 0.15) is 49.4 Å². The Balaban J connectivity index is 1.82. The Morgan fingerprint density at radius 2 is 2.38 bits per heavy atom. The predicted molar refractivity (Wildman–Crippen MR) is 69.7 cm³/mol. The minimum atomic E-state index is 0.527. The summed E-state index contributed by atoms with van der Waals surface area (Å²) in [6.45, 7) is 7.83. The van der Waals surface area contributed by atoms with Crippen molar-refractivity contribution in [1.82, 2.24) is 10.3 Å². The molecule has 1 aromatic rings. The summed E-state index contributed by atoms with van der Waals surface area (Å²) in [5.41, 5.74) is 0.527. The minimum Gasteiger partial charge on any atom is -0.309 e. The third-order valence-corrected chi connectivity index (χ3v) is 4.35. The number of hydrogen-bond donors (Lipinski definition) is 1. The van der Waals surface area contributed by atoms with Crippen LogP contribution in [0.5, 0.6) is 0 Å². The fourth-order valence-electron chi connectivity index (χ4n) is 2.60. The molecule has 16 heavy (non-hydrogen) atoms. The van der Waals surface area contributed by atoms with Crippen LogP contribution in [0.4, 0.5) is 0 Å². The molecule has 2 nitrogen and oxygen atoms in total. The van der Waals surface area contributed by atoms with Gasteiger partial charge in [0.05, 0.1) is 5.01 Å². The van der Waals surface area contributed by atoms with Crippen molar-refractivity contribution in [2.24, 2.45) is 5.41 Å². The summed E-state index contributed by atoms with van der Waals surface area (Å²) in [6, 6.07) is 0.700. The van der Waals surface area contributed by atoms with Crippen LogP contribution in [-0.4, -0.2) is 11.0 Å². The van der Waals surface area contributed by atoms with Gasteiger partial charge >= 0.3 is 0 Å². The molecule has 1 aliphatic carbocycles. The average Bonchev–Trinajstić information content (AvgIpc) is 2.60. The van der Waals surface area contributed by atoms with Crippen molar-refractivity contribution in [3.63, 3.8) is 0 Å². The Hall–Kier alpha value is -0.410. The fourth-order valence-corrected chi connectivity index (χ4v) is 3.35. The largest absolute Gasteiger partial charge is 0.309 e. The smallest absolute Gasteiger partial charge is 0.0897 e. The summed E-state index contributed by atoms with van der Waals surface area (Å²) in [7, 11) is 0. The van der Waals surface area contributed by atoms with E-state index in [2.05, 4.69) is 31.1 Å². The van der Waals surface area contributed by atoms with E-state index in [0.717, 1.165) is 6.54 Å². The lowest BCUT2D eigenvalue weighted by molar-refractivity contribution is 0.198. The molecule has 90 valence electrons. The molecule has 1 unspecified atom stereocenters. The van der Waals surface area contributed by atoms with E-state index in [1.165, 1.54) is 35.6 Å². The molecule has 0 spiro atoms. The Bertz CT molecular complexity index is 343. The number of rotatable bonds is 3. The van der Waals surface area contributed by atoms with Gasteiger partial charge in [-0.1, -0.05) is 20.3 Å². The molecule has 0 aliphatic heterocycles. The van der Waals surface area contributed by atoms with Crippen molar-refractivity contribution in [1.29, 1.82) is 0 Å². The molecule has 2 rings (SSSR count). The second-order valence-electron chi connectivity index (χ2n) is 5.68. The lowest BCUT2D eigenvalue weighted by Crippen LogP contribution is -2.36. The highest BCUT2D eigenvalue weighted by Crippen LogP contribution is 2.35. The molecule has 0 bridgehead atoms. The van der Waals surface area contributed by atoms with Crippen molar-refractivity contribution in [2.45, 2.75) is 59.0 Å². The first-order valence-corrected chi connectivity index (χ1v) is 7.01. The maximum atomic E-state index is 4.29. The first kappa shape index (κ1) is 12.1. The van der Waals surface area contributed by atoms with Gasteiger partial charge in [0.2, 0.25) is 0 Å². The summed E-state index contributed by atoms with van der Waals surface area (Å²) in [5.74, 6) is 0. The zero-order valence-electron chi connectivity index (χ0n) is 10.5. The highest BCUT2D eigenvalue weighted by molar-refractivity contribution is 7.11. The first-order valence-electron chi connectivity index (χ1n) is 6.20. The van der Waals surface area contributed by atoms with Gasteiger partial charge < -0.3 is 5.32 Å². The third-order valence-electron chi connectivity index (χ3n) is 3.44. The van der Waals surface area contributed by atoms with Crippen LogP contribution in [0.2, 0.25) is 0 Å². The summed E-state index contributed by atoms with van der Waals surface area (Å²) < 4.78 is 0. The molecule has 1 heterocycles. The van der Waals surface area contributed by atoms with Crippen molar-refractivity contribution >= 4 is 11.3 Å². The van der Waals surface area contributed by atoms with E-state index in [4.69, 9.17) is 0 Å². The number of nitrogens with one attached hydrogen (secondary N) is 1. The van der Waals surface area contributed by atoms with E-state index in [1.807, 2.05) is 6.20 Å². The highest BCUT2D eigenvalue weighted by Gasteiger charge is 2.27. The van der Waals surface area contributed by atoms with Crippen LogP contribution in [0.15, 0.2) is 6.20 Å². The molecule has 0 radical (unpaired) electrons. The number of aromatic nitrogens is 1. The summed E-state index contributed by atoms with van der Waals surface area (Å²) in [6.07, 6.45) is 7.39. The number of aryl methyl sites for hydroxylation is 1. The van der Waals surface area contributed by atoms with Gasteiger partial charge in [-0.05, 0) is 31.6 Å². The van der Waals surface area contributed by atoms with Gasteiger partial charge in [0.25, 0.3) is 0 Å². The Kier molecular flexibility index (Phi) is 3.65. The van der Waals surface area contributed by atoms with Crippen molar-refractivity contribution in [2.75, 3.05) is 0 Å². The molecule has 0 aromatic carbocycles. The number of thiazole rings is 1. The molecule has 1 aromatic heterocycles. The van der Waals surface area contributed by atoms with Crippen LogP contribution in [0.25, 0.3) is 0 Å². The van der Waals surface area contributed by atoms with E-state index in [-0.39, 0.29) is 0 Å². The summed E-state index contributed by atoms with van der Waals surface area (Å²) in [4.78, 5) is 5.65. The molecule has 1 N–H and O–H groups in total. The van der Waals surface area contributed by atoms with Crippen LogP contribution < -0.4 is 5.32 Å². The van der Waals surface area contributed by atoms with Gasteiger partial charge in [-0.3, -0.25) is 0 Å². The Morgan fingerprint density at radius 1 is 1.56 bits per heavy atom. The molecular formula is C13H22N2S. The molecule has 1 saturated carbocycles. The van der Waals surface area contributed by atoms with Crippen molar-refractivity contribution in [3.8, 4) is 0 Å². The third kappa shape index (κ3) is 3.29. The summed E-state index contributed by atoms with van der Waals surface area (Å²) in [5, 5.41) is 4.84. The van der Waals surface area contributed by atoms with Crippen molar-refractivity contribution in [3.05, 3.63) is 16.1 Å². The van der Waals surface area contributed by atoms with Gasteiger partial charge in [-0.25, -0.2) is 4.98 Å². The lowest BCUT2D eigenvalue weighted by atomic mass is 9.75. The molecule has 1 fully saturated rings. The van der Waals surface area contributed by atoms with E-state index in [9.17, 15) is 0 Å². The van der Waals surface area contributed by atoms with Gasteiger partial charge in [-0.15, -0.1) is 11.3 Å². The molecular weight excluding hydrogens is 216 g/mol. The first-order chi connectivity index (χ1) is 7.55. The van der Waals surface area contributed by atoms with E-state index in [0.29, 0.717) is 11.5 Å². The van der Waals surface area contributed by atoms with Crippen LogP contribution in [0.3, 0.4) is 0 Å². The van der Waals surface area contributed by atoms with Crippen LogP contribution >= 0.6 is 11.3 Å². The predicted octanol–water partition coefficient (Wildman–Crippen LogP) is 3.51. The Morgan fingerprint density at radius 3 is 3.00 bits per heavy atom. The zero-order chi connectivity index (χ0) is 11.6. The van der Waals surface area contributed by atoms with Gasteiger partial charge in [-0.2, -0.15) is 0 Å². The van der Waals surface area contributed by atoms with Gasteiger partial charge in [0.15, 0.2) is 0 Å². The standard InChI is InChI=1S/C13H22N2S/c1-10-14-8-12(16-10)9-15-11-5-4-6-13(2,3)7-11/h8,11,15H,4-7,9H2,1-3H3. The number of nitrogens with zero attached hydrogens (tertiary/aromatic N) is 1. The SMILES string of the molecule is Cc1ncc(CNC2CCCC(C)(C)C2)s1. The monoisotopic (exact) mass is 238 g/mol. The van der Waals surface area contributed by atoms with Crippen LogP contribution in [0, 0.1) is 12.3 Å². The molecule has 3 heteroatoms. The van der Waals surface area contributed by atoms with Crippen molar-refractivity contribution < 1.29 is 0 Å². The topological polar surface area (TPSA) is 24.9 Å². The lowest BCUT2D eigenvalue weighted by Gasteiger charge is -2.35. The van der Waals surface area contributed by atoms with E-state index in [1.54, 1.807) is 11.3 Å².